The normalized spacial score (nSPS) is 12.6. The first-order chi connectivity index (χ1) is 8.14. The topological polar surface area (TPSA) is 38.8 Å². The Bertz CT molecular complexity index is 290. The Kier molecular flexibility index (Phi) is 6.22. The van der Waals surface area contributed by atoms with Gasteiger partial charge in [0, 0.05) is 0 Å². The summed E-state index contributed by atoms with van der Waals surface area (Å²) in [4.78, 5) is 17.5. The van der Waals surface area contributed by atoms with Gasteiger partial charge in [0.25, 0.3) is 0 Å². The van der Waals surface area contributed by atoms with Gasteiger partial charge in [-0.05, 0) is 53.5 Å². The summed E-state index contributed by atoms with van der Waals surface area (Å²) in [5.74, 6) is 0. The lowest BCUT2D eigenvalue weighted by Crippen LogP contribution is -2.48. The molecule has 0 N–H and O–H groups in total. The van der Waals surface area contributed by atoms with Crippen LogP contribution in [-0.4, -0.2) is 22.3 Å². The van der Waals surface area contributed by atoms with Crippen LogP contribution in [0.3, 0.4) is 0 Å². The third-order valence-electron chi connectivity index (χ3n) is 2.47. The van der Waals surface area contributed by atoms with E-state index in [1.165, 1.54) is 11.3 Å². The van der Waals surface area contributed by atoms with Crippen molar-refractivity contribution in [3.8, 4) is 0 Å². The Labute approximate surface area is 111 Å². The minimum Gasteiger partial charge on any atom is -0.442 e. The number of rotatable bonds is 5. The molecule has 0 bridgehead atoms. The van der Waals surface area contributed by atoms with Crippen molar-refractivity contribution < 1.29 is 14.4 Å². The molecule has 1 amide bonds. The second kappa shape index (κ2) is 6.66. The van der Waals surface area contributed by atoms with Crippen LogP contribution in [0.2, 0.25) is 0 Å². The van der Waals surface area contributed by atoms with Gasteiger partial charge in [0.2, 0.25) is 0 Å². The van der Waals surface area contributed by atoms with Gasteiger partial charge in [-0.25, -0.2) is 4.79 Å². The van der Waals surface area contributed by atoms with Crippen LogP contribution in [0.1, 0.15) is 61.3 Å². The van der Waals surface area contributed by atoms with Gasteiger partial charge in [-0.3, -0.25) is 0 Å². The number of carbonyl (C=O) groups excluding carboxylic acids is 1. The fourth-order valence-corrected chi connectivity index (χ4v) is 1.08. The lowest BCUT2D eigenvalue weighted by atomic mass is 10.0. The van der Waals surface area contributed by atoms with Gasteiger partial charge in [-0.2, -0.15) is 0 Å². The second-order valence-electron chi connectivity index (χ2n) is 5.83. The summed E-state index contributed by atoms with van der Waals surface area (Å²) in [7, 11) is 0. The Hall–Kier alpha value is -1.19. The van der Waals surface area contributed by atoms with Gasteiger partial charge < -0.3 is 9.57 Å². The van der Waals surface area contributed by atoms with E-state index in [9.17, 15) is 4.79 Å². The molecule has 0 saturated heterocycles. The molecule has 0 atom stereocenters. The van der Waals surface area contributed by atoms with Gasteiger partial charge in [-0.1, -0.05) is 13.8 Å². The molecule has 0 radical (unpaired) electrons. The molecule has 18 heavy (non-hydrogen) atoms. The highest BCUT2D eigenvalue weighted by molar-refractivity contribution is 5.67. The van der Waals surface area contributed by atoms with E-state index in [1.54, 1.807) is 0 Å². The Morgan fingerprint density at radius 3 is 2.11 bits per heavy atom. The van der Waals surface area contributed by atoms with Crippen molar-refractivity contribution in [1.82, 2.24) is 5.06 Å². The number of ether oxygens (including phenoxy) is 1. The molecule has 0 aromatic carbocycles. The molecular formula is C14H27NO3. The zero-order chi connectivity index (χ0) is 14.4. The maximum absolute atomic E-state index is 12.1. The second-order valence-corrected chi connectivity index (χ2v) is 5.83. The first kappa shape index (κ1) is 16.8. The van der Waals surface area contributed by atoms with E-state index in [2.05, 4.69) is 0 Å². The lowest BCUT2D eigenvalue weighted by Gasteiger charge is -2.36. The first-order valence-electron chi connectivity index (χ1n) is 6.49. The monoisotopic (exact) mass is 257 g/mol. The van der Waals surface area contributed by atoms with Crippen LogP contribution in [-0.2, 0) is 9.57 Å². The number of hydrogen-bond donors (Lipinski definition) is 0. The van der Waals surface area contributed by atoms with Crippen LogP contribution in [0.4, 0.5) is 4.79 Å². The van der Waals surface area contributed by atoms with Gasteiger partial charge in [0.05, 0.1) is 5.54 Å². The standard InChI is InChI=1S/C14H27NO3/c1-8-10-11-17-15(14(6,7)9-2)12(16)18-13(3,4)5/h10-11H,8-9H2,1-7H3/b11-10-. The van der Waals surface area contributed by atoms with Crippen molar-refractivity contribution in [2.45, 2.75) is 72.4 Å². The Morgan fingerprint density at radius 1 is 1.17 bits per heavy atom. The average molecular weight is 257 g/mol. The summed E-state index contributed by atoms with van der Waals surface area (Å²) in [5.41, 5.74) is -0.947. The zero-order valence-electron chi connectivity index (χ0n) is 12.7. The molecule has 0 aromatic rings. The SMILES string of the molecule is CC/C=C\ON(C(=O)OC(C)(C)C)C(C)(C)CC. The van der Waals surface area contributed by atoms with Gasteiger partial charge >= 0.3 is 6.09 Å². The average Bonchev–Trinajstić information content (AvgIpc) is 2.21. The molecule has 0 aliphatic rings. The van der Waals surface area contributed by atoms with Crippen LogP contribution >= 0.6 is 0 Å². The molecule has 0 unspecified atom stereocenters. The number of hydroxylamine groups is 2. The minimum absolute atomic E-state index is 0.416. The molecule has 106 valence electrons. The van der Waals surface area contributed by atoms with Crippen molar-refractivity contribution in [1.29, 1.82) is 0 Å². The molecule has 0 rings (SSSR count). The number of allylic oxidation sites excluding steroid dienone is 1. The Balaban J connectivity index is 4.86. The third kappa shape index (κ3) is 5.94. The predicted molar refractivity (Wildman–Crippen MR) is 73.0 cm³/mol. The van der Waals surface area contributed by atoms with Crippen LogP contribution in [0, 0.1) is 0 Å². The molecule has 0 fully saturated rings. The van der Waals surface area contributed by atoms with Crippen LogP contribution in [0.5, 0.6) is 0 Å². The number of carbonyl (C=O) groups is 1. The van der Waals surface area contributed by atoms with Crippen molar-refractivity contribution in [2.24, 2.45) is 0 Å². The van der Waals surface area contributed by atoms with Gasteiger partial charge in [0.1, 0.15) is 11.9 Å². The fraction of sp³-hybridized carbons (Fsp3) is 0.786. The van der Waals surface area contributed by atoms with Crippen LogP contribution in [0.25, 0.3) is 0 Å². The van der Waals surface area contributed by atoms with E-state index in [0.29, 0.717) is 0 Å². The number of hydrogen-bond acceptors (Lipinski definition) is 3. The van der Waals surface area contributed by atoms with E-state index in [1.807, 2.05) is 54.5 Å². The van der Waals surface area contributed by atoms with Crippen molar-refractivity contribution in [3.63, 3.8) is 0 Å². The van der Waals surface area contributed by atoms with Crippen molar-refractivity contribution >= 4 is 6.09 Å². The highest BCUT2D eigenvalue weighted by atomic mass is 16.7. The van der Waals surface area contributed by atoms with Crippen LogP contribution in [0.15, 0.2) is 12.3 Å². The molecule has 0 aliphatic heterocycles. The lowest BCUT2D eigenvalue weighted by molar-refractivity contribution is -0.156. The maximum Gasteiger partial charge on any atom is 0.444 e. The summed E-state index contributed by atoms with van der Waals surface area (Å²) >= 11 is 0. The summed E-state index contributed by atoms with van der Waals surface area (Å²) in [6.07, 6.45) is 4.54. The van der Waals surface area contributed by atoms with E-state index in [-0.39, 0.29) is 0 Å². The molecular weight excluding hydrogens is 230 g/mol. The minimum atomic E-state index is -0.531. The smallest absolute Gasteiger partial charge is 0.442 e. The number of nitrogens with zero attached hydrogens (tertiary/aromatic N) is 1. The van der Waals surface area contributed by atoms with E-state index >= 15 is 0 Å². The van der Waals surface area contributed by atoms with Crippen molar-refractivity contribution in [3.05, 3.63) is 12.3 Å². The molecule has 0 saturated carbocycles. The summed E-state index contributed by atoms with van der Waals surface area (Å²) in [6, 6.07) is 0. The van der Waals surface area contributed by atoms with Gasteiger partial charge in [0.15, 0.2) is 0 Å². The molecule has 4 heteroatoms. The predicted octanol–water partition coefficient (Wildman–Crippen LogP) is 4.27. The Morgan fingerprint density at radius 2 is 1.72 bits per heavy atom. The number of amides is 1. The van der Waals surface area contributed by atoms with Crippen molar-refractivity contribution in [2.75, 3.05) is 0 Å². The van der Waals surface area contributed by atoms with E-state index < -0.39 is 17.2 Å². The molecule has 0 aliphatic carbocycles. The summed E-state index contributed by atoms with van der Waals surface area (Å²) in [5, 5.41) is 1.30. The molecule has 0 heterocycles. The highest BCUT2D eigenvalue weighted by Crippen LogP contribution is 2.22. The molecule has 0 aromatic heterocycles. The first-order valence-corrected chi connectivity index (χ1v) is 6.49. The highest BCUT2D eigenvalue weighted by Gasteiger charge is 2.34. The largest absolute Gasteiger partial charge is 0.444 e. The fourth-order valence-electron chi connectivity index (χ4n) is 1.08. The molecule has 0 spiro atoms. The quantitative estimate of drug-likeness (QED) is 0.545. The zero-order valence-corrected chi connectivity index (χ0v) is 12.7. The molecule has 4 nitrogen and oxygen atoms in total. The van der Waals surface area contributed by atoms with E-state index in [0.717, 1.165) is 12.8 Å². The van der Waals surface area contributed by atoms with Gasteiger partial charge in [-0.15, -0.1) is 5.06 Å². The maximum atomic E-state index is 12.1. The summed E-state index contributed by atoms with van der Waals surface area (Å²) < 4.78 is 5.35. The van der Waals surface area contributed by atoms with E-state index in [4.69, 9.17) is 9.57 Å². The summed E-state index contributed by atoms with van der Waals surface area (Å²) in [6.45, 7) is 13.4. The third-order valence-corrected chi connectivity index (χ3v) is 2.47. The van der Waals surface area contributed by atoms with Crippen LogP contribution < -0.4 is 0 Å².